The molecule has 0 atom stereocenters. The minimum absolute atomic E-state index is 0.0261. The van der Waals surface area contributed by atoms with Crippen LogP contribution in [0.5, 0.6) is 0 Å². The molecule has 1 aliphatic rings. The van der Waals surface area contributed by atoms with Crippen molar-refractivity contribution in [3.05, 3.63) is 56.8 Å². The number of nitro benzene ring substituents is 1. The van der Waals surface area contributed by atoms with Gasteiger partial charge in [0.05, 0.1) is 11.5 Å². The van der Waals surface area contributed by atoms with Crippen LogP contribution in [0.15, 0.2) is 35.4 Å². The Morgan fingerprint density at radius 3 is 2.76 bits per heavy atom. The lowest BCUT2D eigenvalue weighted by molar-refractivity contribution is -0.383. The zero-order valence-electron chi connectivity index (χ0n) is 11.7. The maximum absolute atomic E-state index is 12.2. The summed E-state index contributed by atoms with van der Waals surface area (Å²) in [6.45, 7) is 0.408. The highest BCUT2D eigenvalue weighted by Gasteiger charge is 2.25. The fourth-order valence-electron chi connectivity index (χ4n) is 2.42. The van der Waals surface area contributed by atoms with Crippen LogP contribution in [0, 0.1) is 10.1 Å². The minimum atomic E-state index is -0.425. The Bertz CT molecular complexity index is 743. The number of nitrogens with one attached hydrogen (secondary N) is 1. The van der Waals surface area contributed by atoms with Crippen molar-refractivity contribution in [3.63, 3.8) is 0 Å². The zero-order valence-corrected chi connectivity index (χ0v) is 11.7. The second kappa shape index (κ2) is 5.08. The first kappa shape index (κ1) is 13.4. The molecule has 1 aromatic carbocycles. The third kappa shape index (κ3) is 2.54. The number of anilines is 1. The minimum Gasteiger partial charge on any atom is -0.383 e. The molecule has 1 fully saturated rings. The van der Waals surface area contributed by atoms with Crippen molar-refractivity contribution >= 4 is 11.4 Å². The van der Waals surface area contributed by atoms with E-state index in [1.165, 1.54) is 6.07 Å². The molecule has 2 aromatic rings. The number of nitro groups is 1. The SMILES string of the molecule is CNc1cc(Cn2ccn(C3CC3)c2=O)ccc1[N+](=O)[O-]. The Hall–Kier alpha value is -2.57. The number of hydrogen-bond donors (Lipinski definition) is 1. The first-order valence-corrected chi connectivity index (χ1v) is 6.82. The molecule has 7 nitrogen and oxygen atoms in total. The number of rotatable bonds is 5. The Kier molecular flexibility index (Phi) is 3.25. The van der Waals surface area contributed by atoms with Gasteiger partial charge in [0.15, 0.2) is 0 Å². The quantitative estimate of drug-likeness (QED) is 0.673. The van der Waals surface area contributed by atoms with Crippen LogP contribution < -0.4 is 11.0 Å². The molecule has 0 bridgehead atoms. The molecule has 21 heavy (non-hydrogen) atoms. The van der Waals surface area contributed by atoms with Gasteiger partial charge in [-0.25, -0.2) is 4.79 Å². The average Bonchev–Trinajstić information content (AvgIpc) is 3.25. The highest BCUT2D eigenvalue weighted by molar-refractivity contribution is 5.62. The summed E-state index contributed by atoms with van der Waals surface area (Å²) in [5, 5.41) is 13.7. The van der Waals surface area contributed by atoms with Crippen LogP contribution in [0.2, 0.25) is 0 Å². The summed E-state index contributed by atoms with van der Waals surface area (Å²) in [4.78, 5) is 22.7. The van der Waals surface area contributed by atoms with Gasteiger partial charge in [0.25, 0.3) is 5.69 Å². The molecule has 1 aliphatic carbocycles. The van der Waals surface area contributed by atoms with Crippen LogP contribution in [0.3, 0.4) is 0 Å². The summed E-state index contributed by atoms with van der Waals surface area (Å²) in [6.07, 6.45) is 5.70. The molecule has 1 N–H and O–H groups in total. The van der Waals surface area contributed by atoms with Crippen LogP contribution in [0.1, 0.15) is 24.4 Å². The van der Waals surface area contributed by atoms with Crippen molar-refractivity contribution in [2.75, 3.05) is 12.4 Å². The van der Waals surface area contributed by atoms with Crippen LogP contribution >= 0.6 is 0 Å². The van der Waals surface area contributed by atoms with Gasteiger partial charge in [0.2, 0.25) is 0 Å². The molecule has 3 rings (SSSR count). The lowest BCUT2D eigenvalue weighted by Crippen LogP contribution is -2.23. The fourth-order valence-corrected chi connectivity index (χ4v) is 2.42. The topological polar surface area (TPSA) is 82.1 Å². The van der Waals surface area contributed by atoms with E-state index in [9.17, 15) is 14.9 Å². The molecule has 0 saturated heterocycles. The Labute approximate surface area is 121 Å². The van der Waals surface area contributed by atoms with Gasteiger partial charge in [0, 0.05) is 31.5 Å². The van der Waals surface area contributed by atoms with E-state index in [4.69, 9.17) is 0 Å². The number of benzene rings is 1. The normalized spacial score (nSPS) is 14.1. The Morgan fingerprint density at radius 2 is 2.14 bits per heavy atom. The second-order valence-corrected chi connectivity index (χ2v) is 5.21. The molecule has 0 radical (unpaired) electrons. The molecule has 7 heteroatoms. The first-order valence-electron chi connectivity index (χ1n) is 6.82. The van der Waals surface area contributed by atoms with E-state index in [2.05, 4.69) is 5.32 Å². The van der Waals surface area contributed by atoms with Crippen LogP contribution in [-0.2, 0) is 6.54 Å². The molecular formula is C14H16N4O3. The van der Waals surface area contributed by atoms with Crippen molar-refractivity contribution in [2.45, 2.75) is 25.4 Å². The number of aromatic nitrogens is 2. The van der Waals surface area contributed by atoms with Gasteiger partial charge < -0.3 is 5.32 Å². The molecule has 1 saturated carbocycles. The number of imidazole rings is 1. The van der Waals surface area contributed by atoms with Gasteiger partial charge in [-0.15, -0.1) is 0 Å². The first-order chi connectivity index (χ1) is 10.1. The van der Waals surface area contributed by atoms with Crippen LogP contribution in [0.4, 0.5) is 11.4 Å². The largest absolute Gasteiger partial charge is 0.383 e. The van der Waals surface area contributed by atoms with Gasteiger partial charge in [-0.2, -0.15) is 0 Å². The lowest BCUT2D eigenvalue weighted by Gasteiger charge is -2.06. The Balaban J connectivity index is 1.88. The third-order valence-electron chi connectivity index (χ3n) is 3.69. The zero-order chi connectivity index (χ0) is 15.0. The van der Waals surface area contributed by atoms with Crippen molar-refractivity contribution in [3.8, 4) is 0 Å². The summed E-state index contributed by atoms with van der Waals surface area (Å²) < 4.78 is 3.38. The maximum Gasteiger partial charge on any atom is 0.328 e. The molecule has 1 heterocycles. The highest BCUT2D eigenvalue weighted by atomic mass is 16.6. The monoisotopic (exact) mass is 288 g/mol. The predicted molar refractivity (Wildman–Crippen MR) is 78.7 cm³/mol. The standard InChI is InChI=1S/C14H16N4O3/c1-15-12-8-10(2-5-13(12)18(20)21)9-16-6-7-17(14(16)19)11-3-4-11/h2,5-8,11,15H,3-4,9H2,1H3. The van der Waals surface area contributed by atoms with E-state index >= 15 is 0 Å². The lowest BCUT2D eigenvalue weighted by atomic mass is 10.1. The smallest absolute Gasteiger partial charge is 0.328 e. The van der Waals surface area contributed by atoms with E-state index < -0.39 is 4.92 Å². The van der Waals surface area contributed by atoms with Gasteiger partial charge in [0.1, 0.15) is 5.69 Å². The number of nitrogens with zero attached hydrogens (tertiary/aromatic N) is 3. The molecule has 110 valence electrons. The van der Waals surface area contributed by atoms with Gasteiger partial charge in [-0.3, -0.25) is 19.2 Å². The van der Waals surface area contributed by atoms with E-state index in [1.807, 2.05) is 6.20 Å². The maximum atomic E-state index is 12.2. The molecule has 0 unspecified atom stereocenters. The number of hydrogen-bond acceptors (Lipinski definition) is 4. The van der Waals surface area contributed by atoms with Crippen LogP contribution in [-0.4, -0.2) is 21.1 Å². The highest BCUT2D eigenvalue weighted by Crippen LogP contribution is 2.33. The molecule has 1 aromatic heterocycles. The van der Waals surface area contributed by atoms with Crippen LogP contribution in [0.25, 0.3) is 0 Å². The van der Waals surface area contributed by atoms with Crippen molar-refractivity contribution < 1.29 is 4.92 Å². The summed E-state index contributed by atoms with van der Waals surface area (Å²) in [5.41, 5.74) is 1.30. The fraction of sp³-hybridized carbons (Fsp3) is 0.357. The van der Waals surface area contributed by atoms with E-state index in [0.717, 1.165) is 18.4 Å². The van der Waals surface area contributed by atoms with Crippen molar-refractivity contribution in [2.24, 2.45) is 0 Å². The molecule has 0 amide bonds. The van der Waals surface area contributed by atoms with E-state index in [-0.39, 0.29) is 11.4 Å². The van der Waals surface area contributed by atoms with Crippen molar-refractivity contribution in [1.29, 1.82) is 0 Å². The summed E-state index contributed by atoms with van der Waals surface area (Å²) >= 11 is 0. The molecule has 0 aliphatic heterocycles. The van der Waals surface area contributed by atoms with Gasteiger partial charge in [-0.05, 0) is 24.5 Å². The second-order valence-electron chi connectivity index (χ2n) is 5.21. The summed E-state index contributed by atoms with van der Waals surface area (Å²) in [6, 6.07) is 5.20. The third-order valence-corrected chi connectivity index (χ3v) is 3.69. The van der Waals surface area contributed by atoms with Gasteiger partial charge in [-0.1, -0.05) is 6.07 Å². The Morgan fingerprint density at radius 1 is 1.38 bits per heavy atom. The predicted octanol–water partition coefficient (Wildman–Crippen LogP) is 1.98. The van der Waals surface area contributed by atoms with E-state index in [0.29, 0.717) is 18.3 Å². The van der Waals surface area contributed by atoms with Crippen molar-refractivity contribution in [1.82, 2.24) is 9.13 Å². The van der Waals surface area contributed by atoms with E-state index in [1.54, 1.807) is 34.5 Å². The molecular weight excluding hydrogens is 272 g/mol. The summed E-state index contributed by atoms with van der Waals surface area (Å²) in [7, 11) is 1.64. The molecule has 0 spiro atoms. The average molecular weight is 288 g/mol. The summed E-state index contributed by atoms with van der Waals surface area (Å²) in [5.74, 6) is 0. The van der Waals surface area contributed by atoms with Gasteiger partial charge >= 0.3 is 5.69 Å².